The van der Waals surface area contributed by atoms with Crippen LogP contribution < -0.4 is 20.7 Å². The van der Waals surface area contributed by atoms with E-state index in [9.17, 15) is 9.36 Å². The number of oxazole rings is 1. The maximum atomic E-state index is 12.2. The third-order valence-electron chi connectivity index (χ3n) is 7.25. The van der Waals surface area contributed by atoms with Crippen LogP contribution in [0.15, 0.2) is 89.6 Å². The number of fused-ring (bicyclic) bond motifs is 1. The summed E-state index contributed by atoms with van der Waals surface area (Å²) in [6.45, 7) is 4.88. The number of ether oxygens (including phenoxy) is 1. The lowest BCUT2D eigenvalue weighted by Crippen LogP contribution is -2.29. The smallest absolute Gasteiger partial charge is 0.469 e. The van der Waals surface area contributed by atoms with Crippen molar-refractivity contribution >= 4 is 42.3 Å². The van der Waals surface area contributed by atoms with Gasteiger partial charge in [-0.1, -0.05) is 37.3 Å². The topological polar surface area (TPSA) is 184 Å². The van der Waals surface area contributed by atoms with E-state index in [1.165, 1.54) is 6.33 Å². The number of benzene rings is 3. The number of anilines is 3. The molecular weight excluding hydrogens is 637 g/mol. The van der Waals surface area contributed by atoms with Crippen LogP contribution in [0.5, 0.6) is 5.75 Å². The predicted octanol–water partition coefficient (Wildman–Crippen LogP) is 5.78. The Balaban J connectivity index is 1.08. The standard InChI is InChI=1S/C33H38N7O7P/c1-2-40(20-22-46-48(42,43)44)19-6-21-45-28-15-11-25(12-16-28)31-39-29-30(35-23-36-32(29)47-31)34-18-17-24-9-13-27(14-10-24)38-33(41)37-26-7-4-3-5-8-26/h3-5,7-16,23H,2,6,17-22H2,1H3,(H,34,35,36)(H2,37,38,41)(H2,42,43,44). The number of nitrogens with zero attached hydrogens (tertiary/aromatic N) is 4. The average molecular weight is 676 g/mol. The SMILES string of the molecule is CCN(CCCOc1ccc(-c2nc3c(NCCc4ccc(NC(=O)Nc5ccccc5)cc4)ncnc3o2)cc1)CCOP(=O)(O)O. The number of phosphoric ester groups is 1. The number of nitrogens with one attached hydrogen (secondary N) is 3. The molecule has 2 amide bonds. The maximum absolute atomic E-state index is 12.2. The zero-order valence-corrected chi connectivity index (χ0v) is 27.3. The van der Waals surface area contributed by atoms with E-state index in [-0.39, 0.29) is 12.6 Å². The summed E-state index contributed by atoms with van der Waals surface area (Å²) in [5.41, 5.74) is 4.16. The van der Waals surface area contributed by atoms with Crippen LogP contribution >= 0.6 is 7.82 Å². The highest BCUT2D eigenvalue weighted by atomic mass is 31.2. The zero-order chi connectivity index (χ0) is 33.8. The minimum atomic E-state index is -4.45. The van der Waals surface area contributed by atoms with E-state index in [1.807, 2.05) is 90.7 Å². The maximum Gasteiger partial charge on any atom is 0.469 e. The highest BCUT2D eigenvalue weighted by molar-refractivity contribution is 7.46. The Hall–Kier alpha value is -4.85. The first-order valence-corrected chi connectivity index (χ1v) is 17.0. The first-order valence-electron chi connectivity index (χ1n) is 15.5. The van der Waals surface area contributed by atoms with E-state index in [0.717, 1.165) is 36.2 Å². The van der Waals surface area contributed by atoms with Crippen molar-refractivity contribution in [3.8, 4) is 17.2 Å². The summed E-state index contributed by atoms with van der Waals surface area (Å²) in [6.07, 6.45) is 2.89. The van der Waals surface area contributed by atoms with Crippen molar-refractivity contribution in [2.75, 3.05) is 55.3 Å². The summed E-state index contributed by atoms with van der Waals surface area (Å²) in [4.78, 5) is 45.2. The van der Waals surface area contributed by atoms with Gasteiger partial charge in [0.1, 0.15) is 12.1 Å². The van der Waals surface area contributed by atoms with Gasteiger partial charge >= 0.3 is 13.9 Å². The van der Waals surface area contributed by atoms with Crippen LogP contribution in [0.3, 0.4) is 0 Å². The van der Waals surface area contributed by atoms with E-state index < -0.39 is 7.82 Å². The number of phosphoric acid groups is 1. The van der Waals surface area contributed by atoms with Crippen molar-refractivity contribution in [1.82, 2.24) is 19.9 Å². The van der Waals surface area contributed by atoms with Gasteiger partial charge in [-0.15, -0.1) is 0 Å². The Labute approximate surface area is 277 Å². The molecule has 0 radical (unpaired) electrons. The van der Waals surface area contributed by atoms with E-state index >= 15 is 0 Å². The van der Waals surface area contributed by atoms with Gasteiger partial charge in [0, 0.05) is 36.6 Å². The highest BCUT2D eigenvalue weighted by Gasteiger charge is 2.15. The number of carbonyl (C=O) groups excluding carboxylic acids is 1. The molecule has 0 aliphatic heterocycles. The minimum Gasteiger partial charge on any atom is -0.494 e. The van der Waals surface area contributed by atoms with Gasteiger partial charge < -0.3 is 39.8 Å². The van der Waals surface area contributed by atoms with Crippen LogP contribution in [0.4, 0.5) is 22.0 Å². The molecule has 0 aliphatic carbocycles. The van der Waals surface area contributed by atoms with Crippen molar-refractivity contribution in [3.05, 3.63) is 90.8 Å². The number of aromatic nitrogens is 3. The monoisotopic (exact) mass is 675 g/mol. The molecule has 0 fully saturated rings. The molecule has 0 unspecified atom stereocenters. The fourth-order valence-electron chi connectivity index (χ4n) is 4.79. The molecule has 3 aromatic carbocycles. The molecule has 0 saturated carbocycles. The molecule has 0 bridgehead atoms. The van der Waals surface area contributed by atoms with Gasteiger partial charge in [-0.3, -0.25) is 4.52 Å². The summed E-state index contributed by atoms with van der Waals surface area (Å²) in [6, 6.07) is 24.0. The molecule has 48 heavy (non-hydrogen) atoms. The lowest BCUT2D eigenvalue weighted by molar-refractivity contribution is 0.159. The second-order valence-corrected chi connectivity index (χ2v) is 11.9. The normalized spacial score (nSPS) is 11.5. The lowest BCUT2D eigenvalue weighted by Gasteiger charge is -2.20. The second-order valence-electron chi connectivity index (χ2n) is 10.7. The summed E-state index contributed by atoms with van der Waals surface area (Å²) in [5.74, 6) is 1.68. The Bertz CT molecular complexity index is 1800. The van der Waals surface area contributed by atoms with Crippen LogP contribution in [-0.2, 0) is 15.5 Å². The molecule has 252 valence electrons. The number of rotatable bonds is 17. The van der Waals surface area contributed by atoms with Crippen molar-refractivity contribution in [1.29, 1.82) is 0 Å². The highest BCUT2D eigenvalue weighted by Crippen LogP contribution is 2.35. The largest absolute Gasteiger partial charge is 0.494 e. The molecule has 5 aromatic rings. The molecule has 0 atom stereocenters. The molecule has 2 aromatic heterocycles. The van der Waals surface area contributed by atoms with Gasteiger partial charge in [-0.05, 0) is 73.5 Å². The zero-order valence-electron chi connectivity index (χ0n) is 26.4. The number of amides is 2. The molecule has 5 N–H and O–H groups in total. The van der Waals surface area contributed by atoms with E-state index in [4.69, 9.17) is 18.9 Å². The molecule has 0 spiro atoms. The van der Waals surface area contributed by atoms with E-state index in [0.29, 0.717) is 60.6 Å². The Morgan fingerprint density at radius 1 is 0.917 bits per heavy atom. The Kier molecular flexibility index (Phi) is 12.1. The van der Waals surface area contributed by atoms with Crippen molar-refractivity contribution in [2.45, 2.75) is 19.8 Å². The number of para-hydroxylation sites is 1. The van der Waals surface area contributed by atoms with Gasteiger partial charge in [-0.25, -0.2) is 19.3 Å². The second kappa shape index (κ2) is 16.8. The number of hydrogen-bond acceptors (Lipinski definition) is 10. The molecule has 0 saturated heterocycles. The van der Waals surface area contributed by atoms with Gasteiger partial charge in [-0.2, -0.15) is 4.98 Å². The number of carbonyl (C=O) groups is 1. The first kappa shape index (κ1) is 34.5. The molecule has 15 heteroatoms. The van der Waals surface area contributed by atoms with Crippen LogP contribution in [0, 0.1) is 0 Å². The van der Waals surface area contributed by atoms with Crippen LogP contribution in [0.1, 0.15) is 18.9 Å². The van der Waals surface area contributed by atoms with Crippen molar-refractivity contribution in [3.63, 3.8) is 0 Å². The molecule has 5 rings (SSSR count). The molecule has 0 aliphatic rings. The average Bonchev–Trinajstić information content (AvgIpc) is 3.52. The van der Waals surface area contributed by atoms with E-state index in [2.05, 4.69) is 35.4 Å². The van der Waals surface area contributed by atoms with Crippen LogP contribution in [0.25, 0.3) is 22.7 Å². The summed E-state index contributed by atoms with van der Waals surface area (Å²) in [7, 11) is -4.45. The molecule has 2 heterocycles. The molecule has 14 nitrogen and oxygen atoms in total. The number of likely N-dealkylation sites (N-methyl/N-ethyl adjacent to an activating group) is 1. The van der Waals surface area contributed by atoms with Crippen LogP contribution in [0.2, 0.25) is 0 Å². The van der Waals surface area contributed by atoms with Gasteiger partial charge in [0.25, 0.3) is 5.71 Å². The van der Waals surface area contributed by atoms with E-state index in [1.54, 1.807) is 0 Å². The fourth-order valence-corrected chi connectivity index (χ4v) is 5.11. The van der Waals surface area contributed by atoms with Gasteiger partial charge in [0.15, 0.2) is 11.3 Å². The van der Waals surface area contributed by atoms with Crippen LogP contribution in [-0.4, -0.2) is 75.1 Å². The number of urea groups is 1. The van der Waals surface area contributed by atoms with Gasteiger partial charge in [0.05, 0.1) is 13.2 Å². The fraction of sp³-hybridized carbons (Fsp3) is 0.273. The van der Waals surface area contributed by atoms with Crippen molar-refractivity contribution < 1.29 is 32.8 Å². The quantitative estimate of drug-likeness (QED) is 0.0592. The third kappa shape index (κ3) is 10.6. The summed E-state index contributed by atoms with van der Waals surface area (Å²) >= 11 is 0. The van der Waals surface area contributed by atoms with Crippen molar-refractivity contribution in [2.24, 2.45) is 0 Å². The Morgan fingerprint density at radius 3 is 2.35 bits per heavy atom. The third-order valence-corrected chi connectivity index (χ3v) is 7.77. The minimum absolute atomic E-state index is 0.0361. The first-order chi connectivity index (χ1) is 23.3. The predicted molar refractivity (Wildman–Crippen MR) is 183 cm³/mol. The van der Waals surface area contributed by atoms with Gasteiger partial charge in [0.2, 0.25) is 5.89 Å². The lowest BCUT2D eigenvalue weighted by atomic mass is 10.1. The summed E-state index contributed by atoms with van der Waals surface area (Å²) in [5, 5.41) is 8.95. The Morgan fingerprint density at radius 2 is 1.65 bits per heavy atom. The number of hydrogen-bond donors (Lipinski definition) is 5. The molecular formula is C33H38N7O7P. The summed E-state index contributed by atoms with van der Waals surface area (Å²) < 4.78 is 27.2.